The van der Waals surface area contributed by atoms with Gasteiger partial charge in [0, 0.05) is 23.3 Å². The van der Waals surface area contributed by atoms with Crippen LogP contribution >= 0.6 is 11.6 Å². The van der Waals surface area contributed by atoms with E-state index in [1.807, 2.05) is 28.8 Å². The highest BCUT2D eigenvalue weighted by molar-refractivity contribution is 6.30. The fraction of sp³-hybridized carbons (Fsp3) is 0.333. The molecule has 0 amide bonds. The molecule has 1 aliphatic heterocycles. The molecule has 1 aromatic heterocycles. The number of aromatic nitrogens is 2. The van der Waals surface area contributed by atoms with Crippen molar-refractivity contribution >= 4 is 17.6 Å². The first kappa shape index (κ1) is 13.2. The molecular formula is C15H15ClN2O2. The Morgan fingerprint density at radius 2 is 2.35 bits per heavy atom. The second-order valence-corrected chi connectivity index (χ2v) is 5.53. The summed E-state index contributed by atoms with van der Waals surface area (Å²) < 4.78 is 1.88. The number of carboxylic acids is 1. The molecular weight excluding hydrogens is 276 g/mol. The van der Waals surface area contributed by atoms with Crippen LogP contribution in [-0.4, -0.2) is 20.6 Å². The van der Waals surface area contributed by atoms with Crippen LogP contribution in [0.25, 0.3) is 0 Å². The monoisotopic (exact) mass is 290 g/mol. The molecule has 1 aromatic carbocycles. The normalized spacial score (nSPS) is 17.8. The van der Waals surface area contributed by atoms with Crippen LogP contribution in [0, 0.1) is 0 Å². The largest absolute Gasteiger partial charge is 0.480 e. The van der Waals surface area contributed by atoms with Gasteiger partial charge in [0.1, 0.15) is 11.9 Å². The van der Waals surface area contributed by atoms with Crippen molar-refractivity contribution in [2.45, 2.75) is 31.7 Å². The summed E-state index contributed by atoms with van der Waals surface area (Å²) in [4.78, 5) is 15.8. The Labute approximate surface area is 122 Å². The van der Waals surface area contributed by atoms with Crippen molar-refractivity contribution in [2.75, 3.05) is 0 Å². The molecule has 1 N–H and O–H groups in total. The third-order valence-electron chi connectivity index (χ3n) is 3.71. The first-order valence-electron chi connectivity index (χ1n) is 6.67. The van der Waals surface area contributed by atoms with Crippen molar-refractivity contribution in [1.82, 2.24) is 9.55 Å². The molecule has 2 aromatic rings. The predicted molar refractivity (Wildman–Crippen MR) is 76.1 cm³/mol. The Morgan fingerprint density at radius 1 is 1.50 bits per heavy atom. The molecule has 3 rings (SSSR count). The molecule has 20 heavy (non-hydrogen) atoms. The molecule has 0 aliphatic carbocycles. The van der Waals surface area contributed by atoms with E-state index >= 15 is 0 Å². The number of nitrogens with zero attached hydrogens (tertiary/aromatic N) is 2. The second kappa shape index (κ2) is 5.29. The molecule has 0 radical (unpaired) electrons. The zero-order valence-corrected chi connectivity index (χ0v) is 11.7. The molecule has 1 aliphatic rings. The lowest BCUT2D eigenvalue weighted by Gasteiger charge is -2.24. The van der Waals surface area contributed by atoms with E-state index in [4.69, 9.17) is 11.6 Å². The Hall–Kier alpha value is -1.81. The maximum Gasteiger partial charge on any atom is 0.326 e. The molecule has 0 fully saturated rings. The van der Waals surface area contributed by atoms with Gasteiger partial charge in [0.05, 0.1) is 0 Å². The minimum absolute atomic E-state index is 0.490. The van der Waals surface area contributed by atoms with E-state index in [0.717, 1.165) is 29.9 Å². The zero-order chi connectivity index (χ0) is 14.1. The topological polar surface area (TPSA) is 55.1 Å². The quantitative estimate of drug-likeness (QED) is 0.945. The second-order valence-electron chi connectivity index (χ2n) is 5.09. The van der Waals surface area contributed by atoms with Crippen LogP contribution in [0.4, 0.5) is 0 Å². The first-order valence-corrected chi connectivity index (χ1v) is 7.05. The van der Waals surface area contributed by atoms with Crippen molar-refractivity contribution in [3.05, 3.63) is 52.6 Å². The number of rotatable bonds is 3. The fourth-order valence-electron chi connectivity index (χ4n) is 2.80. The fourth-order valence-corrected chi connectivity index (χ4v) is 3.02. The van der Waals surface area contributed by atoms with E-state index in [1.165, 1.54) is 0 Å². The molecule has 0 bridgehead atoms. The smallest absolute Gasteiger partial charge is 0.326 e. The third kappa shape index (κ3) is 2.43. The summed E-state index contributed by atoms with van der Waals surface area (Å²) in [6.07, 6.45) is 4.87. The minimum Gasteiger partial charge on any atom is -0.480 e. The molecule has 0 saturated carbocycles. The first-order chi connectivity index (χ1) is 9.65. The number of hydrogen-bond donors (Lipinski definition) is 1. The average Bonchev–Trinajstić information content (AvgIpc) is 2.82. The summed E-state index contributed by atoms with van der Waals surface area (Å²) in [6, 6.07) is 7.10. The van der Waals surface area contributed by atoms with Crippen LogP contribution in [0.15, 0.2) is 30.5 Å². The van der Waals surface area contributed by atoms with E-state index in [9.17, 15) is 9.90 Å². The Bertz CT molecular complexity index is 651. The van der Waals surface area contributed by atoms with Gasteiger partial charge in [0.2, 0.25) is 0 Å². The molecule has 0 spiro atoms. The van der Waals surface area contributed by atoms with Gasteiger partial charge in [0.15, 0.2) is 0 Å². The summed E-state index contributed by atoms with van der Waals surface area (Å²) in [5, 5.41) is 10.1. The van der Waals surface area contributed by atoms with Gasteiger partial charge >= 0.3 is 5.97 Å². The van der Waals surface area contributed by atoms with Gasteiger partial charge in [-0.05, 0) is 37.0 Å². The minimum atomic E-state index is -0.781. The lowest BCUT2D eigenvalue weighted by molar-refractivity contribution is -0.141. The number of aryl methyl sites for hydroxylation is 1. The summed E-state index contributed by atoms with van der Waals surface area (Å²) in [5.74, 6) is 0.0191. The lowest BCUT2D eigenvalue weighted by Crippen LogP contribution is -2.26. The van der Waals surface area contributed by atoms with E-state index in [0.29, 0.717) is 17.9 Å². The number of carboxylic acid groups (broad SMARTS) is 1. The third-order valence-corrected chi connectivity index (χ3v) is 3.94. The van der Waals surface area contributed by atoms with Crippen LogP contribution in [0.5, 0.6) is 0 Å². The van der Waals surface area contributed by atoms with E-state index in [1.54, 1.807) is 6.20 Å². The van der Waals surface area contributed by atoms with E-state index in [2.05, 4.69) is 4.98 Å². The van der Waals surface area contributed by atoms with E-state index in [-0.39, 0.29) is 0 Å². The summed E-state index contributed by atoms with van der Waals surface area (Å²) in [6.45, 7) is 0. The van der Waals surface area contributed by atoms with Gasteiger partial charge in [-0.1, -0.05) is 23.7 Å². The van der Waals surface area contributed by atoms with Crippen LogP contribution in [0.3, 0.4) is 0 Å². The Balaban J connectivity index is 1.95. The maximum absolute atomic E-state index is 11.4. The Morgan fingerprint density at radius 3 is 3.10 bits per heavy atom. The number of hydrogen-bond acceptors (Lipinski definition) is 2. The maximum atomic E-state index is 11.4. The van der Waals surface area contributed by atoms with Gasteiger partial charge in [-0.15, -0.1) is 0 Å². The standard InChI is InChI=1S/C15H15ClN2O2/c16-11-4-1-3-10(7-11)8-14-17-9-12-5-2-6-13(15(19)20)18(12)14/h1,3-4,7,9,13H,2,5-6,8H2,(H,19,20). The molecule has 104 valence electrons. The van der Waals surface area contributed by atoms with Crippen LogP contribution in [0.2, 0.25) is 5.02 Å². The summed E-state index contributed by atoms with van der Waals surface area (Å²) in [7, 11) is 0. The van der Waals surface area contributed by atoms with Gasteiger partial charge in [0.25, 0.3) is 0 Å². The highest BCUT2D eigenvalue weighted by Gasteiger charge is 2.28. The van der Waals surface area contributed by atoms with Crippen LogP contribution in [-0.2, 0) is 17.6 Å². The summed E-state index contributed by atoms with van der Waals surface area (Å²) >= 11 is 5.99. The SMILES string of the molecule is O=C(O)C1CCCc2cnc(Cc3cccc(Cl)c3)n21. The summed E-state index contributed by atoms with van der Waals surface area (Å²) in [5.41, 5.74) is 2.06. The van der Waals surface area contributed by atoms with Crippen molar-refractivity contribution in [1.29, 1.82) is 0 Å². The van der Waals surface area contributed by atoms with Crippen LogP contribution < -0.4 is 0 Å². The number of imidazole rings is 1. The van der Waals surface area contributed by atoms with Gasteiger partial charge in [-0.2, -0.15) is 0 Å². The number of benzene rings is 1. The van der Waals surface area contributed by atoms with Crippen molar-refractivity contribution in [3.8, 4) is 0 Å². The highest BCUT2D eigenvalue weighted by Crippen LogP contribution is 2.28. The lowest BCUT2D eigenvalue weighted by atomic mass is 10.0. The number of aliphatic carboxylic acids is 1. The van der Waals surface area contributed by atoms with Crippen molar-refractivity contribution in [2.24, 2.45) is 0 Å². The molecule has 2 heterocycles. The number of carbonyl (C=O) groups is 1. The zero-order valence-electron chi connectivity index (χ0n) is 10.9. The van der Waals surface area contributed by atoms with Crippen LogP contribution in [0.1, 0.15) is 36.0 Å². The highest BCUT2D eigenvalue weighted by atomic mass is 35.5. The average molecular weight is 291 g/mol. The van der Waals surface area contributed by atoms with Gasteiger partial charge < -0.3 is 9.67 Å². The van der Waals surface area contributed by atoms with E-state index < -0.39 is 12.0 Å². The molecule has 4 nitrogen and oxygen atoms in total. The van der Waals surface area contributed by atoms with Gasteiger partial charge in [-0.25, -0.2) is 9.78 Å². The molecule has 0 saturated heterocycles. The van der Waals surface area contributed by atoms with Crippen molar-refractivity contribution in [3.63, 3.8) is 0 Å². The van der Waals surface area contributed by atoms with Gasteiger partial charge in [-0.3, -0.25) is 0 Å². The molecule has 5 heteroatoms. The number of halogens is 1. The Kier molecular flexibility index (Phi) is 3.49. The predicted octanol–water partition coefficient (Wildman–Crippen LogP) is 3.09. The molecule has 1 atom stereocenters. The molecule has 1 unspecified atom stereocenters. The van der Waals surface area contributed by atoms with Crippen molar-refractivity contribution < 1.29 is 9.90 Å². The number of fused-ring (bicyclic) bond motifs is 1.